The normalized spacial score (nSPS) is 23.8. The molecule has 1 aromatic rings. The smallest absolute Gasteiger partial charge is 0.193 e. The number of likely N-dealkylation sites (tertiary alicyclic amines) is 1. The average Bonchev–Trinajstić information content (AvgIpc) is 3.31. The number of hydrogen-bond acceptors (Lipinski definition) is 4. The lowest BCUT2D eigenvalue weighted by molar-refractivity contribution is 0.0195. The number of guanidine groups is 1. The molecular formula is C19H32N4OS. The van der Waals surface area contributed by atoms with E-state index in [1.54, 1.807) is 0 Å². The van der Waals surface area contributed by atoms with Crippen LogP contribution in [0, 0.1) is 5.92 Å². The molecule has 0 aromatic carbocycles. The van der Waals surface area contributed by atoms with Gasteiger partial charge >= 0.3 is 0 Å². The van der Waals surface area contributed by atoms with Gasteiger partial charge in [0.2, 0.25) is 0 Å². The monoisotopic (exact) mass is 364 g/mol. The van der Waals surface area contributed by atoms with E-state index in [0.29, 0.717) is 12.0 Å². The van der Waals surface area contributed by atoms with Crippen LogP contribution in [0.4, 0.5) is 0 Å². The van der Waals surface area contributed by atoms with Crippen LogP contribution in [0.3, 0.4) is 0 Å². The van der Waals surface area contributed by atoms with Gasteiger partial charge < -0.3 is 15.0 Å². The third kappa shape index (κ3) is 5.43. The third-order valence-corrected chi connectivity index (χ3v) is 5.94. The Hall–Kier alpha value is -1.11. The molecule has 2 saturated heterocycles. The van der Waals surface area contributed by atoms with Crippen molar-refractivity contribution in [3.8, 4) is 0 Å². The molecule has 0 saturated carbocycles. The van der Waals surface area contributed by atoms with Gasteiger partial charge in [-0.15, -0.1) is 11.3 Å². The van der Waals surface area contributed by atoms with Crippen LogP contribution in [-0.4, -0.2) is 74.3 Å². The maximum absolute atomic E-state index is 5.49. The average molecular weight is 365 g/mol. The highest BCUT2D eigenvalue weighted by molar-refractivity contribution is 7.09. The van der Waals surface area contributed by atoms with Gasteiger partial charge in [-0.3, -0.25) is 9.89 Å². The second-order valence-electron chi connectivity index (χ2n) is 7.12. The SMILES string of the molecule is CCNC(=NCC(C)Cc1cccs1)N1CCC(N2CCOCC2)C1. The lowest BCUT2D eigenvalue weighted by Gasteiger charge is -2.32. The Morgan fingerprint density at radius 2 is 2.24 bits per heavy atom. The van der Waals surface area contributed by atoms with Crippen LogP contribution in [0.1, 0.15) is 25.1 Å². The molecule has 1 N–H and O–H groups in total. The van der Waals surface area contributed by atoms with Gasteiger partial charge in [-0.25, -0.2) is 0 Å². The number of hydrogen-bond donors (Lipinski definition) is 1. The molecule has 2 aliphatic heterocycles. The Labute approximate surface area is 156 Å². The molecule has 6 heteroatoms. The Morgan fingerprint density at radius 1 is 1.40 bits per heavy atom. The zero-order chi connectivity index (χ0) is 17.5. The number of aliphatic imine (C=N–C) groups is 1. The van der Waals surface area contributed by atoms with E-state index in [1.807, 2.05) is 11.3 Å². The minimum Gasteiger partial charge on any atom is -0.379 e. The van der Waals surface area contributed by atoms with Crippen LogP contribution in [-0.2, 0) is 11.2 Å². The Morgan fingerprint density at radius 3 is 2.96 bits per heavy atom. The molecule has 3 heterocycles. The predicted octanol–water partition coefficient (Wildman–Crippen LogP) is 2.30. The first-order valence-electron chi connectivity index (χ1n) is 9.63. The lowest BCUT2D eigenvalue weighted by Crippen LogP contribution is -2.46. The number of morpholine rings is 1. The summed E-state index contributed by atoms with van der Waals surface area (Å²) < 4.78 is 5.49. The quantitative estimate of drug-likeness (QED) is 0.621. The van der Waals surface area contributed by atoms with Crippen molar-refractivity contribution in [2.24, 2.45) is 10.9 Å². The zero-order valence-electron chi connectivity index (χ0n) is 15.6. The van der Waals surface area contributed by atoms with Crippen molar-refractivity contribution in [3.63, 3.8) is 0 Å². The molecule has 0 spiro atoms. The van der Waals surface area contributed by atoms with Crippen LogP contribution < -0.4 is 5.32 Å². The summed E-state index contributed by atoms with van der Waals surface area (Å²) in [7, 11) is 0. The molecule has 0 aliphatic carbocycles. The lowest BCUT2D eigenvalue weighted by atomic mass is 10.1. The number of rotatable bonds is 6. The van der Waals surface area contributed by atoms with Crippen molar-refractivity contribution in [2.75, 3.05) is 52.5 Å². The summed E-state index contributed by atoms with van der Waals surface area (Å²) in [4.78, 5) is 11.4. The van der Waals surface area contributed by atoms with E-state index in [0.717, 1.165) is 64.9 Å². The van der Waals surface area contributed by atoms with Crippen LogP contribution in [0.15, 0.2) is 22.5 Å². The van der Waals surface area contributed by atoms with Crippen molar-refractivity contribution in [2.45, 2.75) is 32.7 Å². The Kier molecular flexibility index (Phi) is 7.13. The Bertz CT molecular complexity index is 528. The van der Waals surface area contributed by atoms with E-state index in [4.69, 9.17) is 9.73 Å². The molecule has 2 unspecified atom stereocenters. The molecule has 0 amide bonds. The standard InChI is InChI=1S/C19H32N4OS/c1-3-20-19(21-14-16(2)13-18-5-4-12-25-18)23-7-6-17(15-23)22-8-10-24-11-9-22/h4-5,12,16-17H,3,6-11,13-15H2,1-2H3,(H,20,21). The highest BCUT2D eigenvalue weighted by Crippen LogP contribution is 2.18. The van der Waals surface area contributed by atoms with E-state index in [-0.39, 0.29) is 0 Å². The molecule has 0 bridgehead atoms. The maximum Gasteiger partial charge on any atom is 0.193 e. The van der Waals surface area contributed by atoms with Gasteiger partial charge in [-0.1, -0.05) is 13.0 Å². The van der Waals surface area contributed by atoms with E-state index in [1.165, 1.54) is 11.3 Å². The van der Waals surface area contributed by atoms with Gasteiger partial charge in [0, 0.05) is 50.2 Å². The fourth-order valence-corrected chi connectivity index (χ4v) is 4.55. The van der Waals surface area contributed by atoms with Crippen molar-refractivity contribution >= 4 is 17.3 Å². The van der Waals surface area contributed by atoms with Crippen molar-refractivity contribution in [3.05, 3.63) is 22.4 Å². The number of nitrogens with zero attached hydrogens (tertiary/aromatic N) is 3. The highest BCUT2D eigenvalue weighted by atomic mass is 32.1. The fourth-order valence-electron chi connectivity index (χ4n) is 3.68. The topological polar surface area (TPSA) is 40.1 Å². The minimum absolute atomic E-state index is 0.574. The summed E-state index contributed by atoms with van der Waals surface area (Å²) in [6, 6.07) is 5.01. The number of thiophene rings is 1. The zero-order valence-corrected chi connectivity index (χ0v) is 16.4. The van der Waals surface area contributed by atoms with Crippen molar-refractivity contribution in [1.82, 2.24) is 15.1 Å². The third-order valence-electron chi connectivity index (χ3n) is 5.04. The summed E-state index contributed by atoms with van der Waals surface area (Å²) >= 11 is 1.85. The minimum atomic E-state index is 0.574. The summed E-state index contributed by atoms with van der Waals surface area (Å²) in [5.74, 6) is 1.67. The van der Waals surface area contributed by atoms with Gasteiger partial charge in [0.15, 0.2) is 5.96 Å². The molecule has 1 aromatic heterocycles. The van der Waals surface area contributed by atoms with Gasteiger partial charge in [0.25, 0.3) is 0 Å². The molecule has 140 valence electrons. The summed E-state index contributed by atoms with van der Waals surface area (Å²) in [6.07, 6.45) is 2.35. The van der Waals surface area contributed by atoms with Crippen molar-refractivity contribution in [1.29, 1.82) is 0 Å². The maximum atomic E-state index is 5.49. The summed E-state index contributed by atoms with van der Waals surface area (Å²) in [5.41, 5.74) is 0. The predicted molar refractivity (Wildman–Crippen MR) is 106 cm³/mol. The molecular weight excluding hydrogens is 332 g/mol. The number of ether oxygens (including phenoxy) is 1. The fraction of sp³-hybridized carbons (Fsp3) is 0.737. The van der Waals surface area contributed by atoms with Crippen LogP contribution in [0.5, 0.6) is 0 Å². The Balaban J connectivity index is 1.53. The van der Waals surface area contributed by atoms with Crippen molar-refractivity contribution < 1.29 is 4.74 Å². The van der Waals surface area contributed by atoms with E-state index in [9.17, 15) is 0 Å². The first-order valence-corrected chi connectivity index (χ1v) is 10.5. The molecule has 2 atom stereocenters. The summed E-state index contributed by atoms with van der Waals surface area (Å²) in [5, 5.41) is 5.66. The highest BCUT2D eigenvalue weighted by Gasteiger charge is 2.30. The van der Waals surface area contributed by atoms with Crippen LogP contribution >= 0.6 is 11.3 Å². The van der Waals surface area contributed by atoms with E-state index >= 15 is 0 Å². The molecule has 5 nitrogen and oxygen atoms in total. The molecule has 3 rings (SSSR count). The largest absolute Gasteiger partial charge is 0.379 e. The molecule has 0 radical (unpaired) electrons. The first kappa shape index (κ1) is 18.7. The van der Waals surface area contributed by atoms with Crippen LogP contribution in [0.2, 0.25) is 0 Å². The van der Waals surface area contributed by atoms with Crippen LogP contribution in [0.25, 0.3) is 0 Å². The summed E-state index contributed by atoms with van der Waals surface area (Å²) in [6.45, 7) is 12.4. The van der Waals surface area contributed by atoms with E-state index in [2.05, 4.69) is 46.5 Å². The van der Waals surface area contributed by atoms with Gasteiger partial charge in [0.05, 0.1) is 13.2 Å². The van der Waals surface area contributed by atoms with E-state index < -0.39 is 0 Å². The second-order valence-corrected chi connectivity index (χ2v) is 8.15. The van der Waals surface area contributed by atoms with Gasteiger partial charge in [-0.05, 0) is 37.1 Å². The number of nitrogens with one attached hydrogen (secondary N) is 1. The van der Waals surface area contributed by atoms with Gasteiger partial charge in [-0.2, -0.15) is 0 Å². The molecule has 2 fully saturated rings. The second kappa shape index (κ2) is 9.55. The molecule has 2 aliphatic rings. The molecule has 25 heavy (non-hydrogen) atoms. The first-order chi connectivity index (χ1) is 12.3. The van der Waals surface area contributed by atoms with Gasteiger partial charge in [0.1, 0.15) is 0 Å².